The van der Waals surface area contributed by atoms with Gasteiger partial charge in [0, 0.05) is 4.47 Å². The van der Waals surface area contributed by atoms with E-state index in [1.54, 1.807) is 0 Å². The number of hydrogen-bond donors (Lipinski definition) is 0. The van der Waals surface area contributed by atoms with Crippen molar-refractivity contribution in [3.63, 3.8) is 0 Å². The van der Waals surface area contributed by atoms with E-state index in [-0.39, 0.29) is 5.78 Å². The number of rotatable bonds is 2. The number of aromatic nitrogens is 1. The molecule has 0 aliphatic rings. The zero-order chi connectivity index (χ0) is 10.1. The van der Waals surface area contributed by atoms with E-state index in [1.807, 2.05) is 18.2 Å². The fraction of sp³-hybridized carbons (Fsp3) is 0.111. The van der Waals surface area contributed by atoms with Gasteiger partial charge in [-0.15, -0.1) is 11.3 Å². The standard InChI is InChI=1S/C9H5Br2NOS/c10-4-7(13)9-12-6-3-1-2-5(11)8(6)14-9/h1-3H,4H2. The molecule has 0 fully saturated rings. The number of thiazole rings is 1. The topological polar surface area (TPSA) is 30.0 Å². The van der Waals surface area contributed by atoms with Crippen molar-refractivity contribution in [2.45, 2.75) is 0 Å². The Bertz CT molecular complexity index is 495. The van der Waals surface area contributed by atoms with Gasteiger partial charge in [-0.25, -0.2) is 4.98 Å². The third-order valence-electron chi connectivity index (χ3n) is 1.73. The van der Waals surface area contributed by atoms with Crippen molar-refractivity contribution in [1.82, 2.24) is 4.98 Å². The normalized spacial score (nSPS) is 10.7. The number of hydrogen-bond acceptors (Lipinski definition) is 3. The van der Waals surface area contributed by atoms with Crippen LogP contribution in [0.2, 0.25) is 0 Å². The number of fused-ring (bicyclic) bond motifs is 1. The maximum atomic E-state index is 11.4. The van der Waals surface area contributed by atoms with Gasteiger partial charge in [0.05, 0.1) is 15.5 Å². The van der Waals surface area contributed by atoms with Crippen LogP contribution >= 0.6 is 43.2 Å². The highest BCUT2D eigenvalue weighted by Gasteiger charge is 2.11. The molecule has 1 aromatic carbocycles. The molecule has 2 rings (SSSR count). The van der Waals surface area contributed by atoms with Crippen molar-refractivity contribution in [2.75, 3.05) is 5.33 Å². The highest BCUT2D eigenvalue weighted by Crippen LogP contribution is 2.29. The number of benzene rings is 1. The predicted octanol–water partition coefficient (Wildman–Crippen LogP) is 3.64. The first-order valence-electron chi connectivity index (χ1n) is 3.86. The largest absolute Gasteiger partial charge is 0.291 e. The van der Waals surface area contributed by atoms with Crippen LogP contribution in [0.5, 0.6) is 0 Å². The second-order valence-electron chi connectivity index (χ2n) is 2.66. The monoisotopic (exact) mass is 333 g/mol. The molecule has 72 valence electrons. The summed E-state index contributed by atoms with van der Waals surface area (Å²) >= 11 is 7.98. The first-order chi connectivity index (χ1) is 6.72. The van der Waals surface area contributed by atoms with Crippen molar-refractivity contribution in [1.29, 1.82) is 0 Å². The molecular formula is C9H5Br2NOS. The molecule has 0 amide bonds. The van der Waals surface area contributed by atoms with Crippen LogP contribution in [0.25, 0.3) is 10.2 Å². The second kappa shape index (κ2) is 4.08. The third-order valence-corrected chi connectivity index (χ3v) is 4.30. The lowest BCUT2D eigenvalue weighted by atomic mass is 10.3. The fourth-order valence-electron chi connectivity index (χ4n) is 1.09. The maximum absolute atomic E-state index is 11.4. The minimum Gasteiger partial charge on any atom is -0.291 e. The molecule has 0 radical (unpaired) electrons. The van der Waals surface area contributed by atoms with Crippen molar-refractivity contribution in [3.05, 3.63) is 27.7 Å². The molecular weight excluding hydrogens is 330 g/mol. The van der Waals surface area contributed by atoms with Crippen LogP contribution in [0.1, 0.15) is 9.80 Å². The summed E-state index contributed by atoms with van der Waals surface area (Å²) in [5.74, 6) is 0.0260. The molecule has 0 saturated heterocycles. The molecule has 0 atom stereocenters. The second-order valence-corrected chi connectivity index (χ2v) is 5.08. The average Bonchev–Trinajstić information content (AvgIpc) is 2.62. The zero-order valence-corrected chi connectivity index (χ0v) is 10.9. The van der Waals surface area contributed by atoms with Crippen LogP contribution in [0.3, 0.4) is 0 Å². The number of nitrogens with zero attached hydrogens (tertiary/aromatic N) is 1. The Kier molecular flexibility index (Phi) is 2.99. The van der Waals surface area contributed by atoms with E-state index in [4.69, 9.17) is 0 Å². The molecule has 2 nitrogen and oxygen atoms in total. The SMILES string of the molecule is O=C(CBr)c1nc2cccc(Br)c2s1. The Morgan fingerprint density at radius 1 is 1.50 bits per heavy atom. The molecule has 14 heavy (non-hydrogen) atoms. The maximum Gasteiger partial charge on any atom is 0.201 e. The van der Waals surface area contributed by atoms with E-state index in [0.29, 0.717) is 10.3 Å². The van der Waals surface area contributed by atoms with Gasteiger partial charge in [0.2, 0.25) is 5.78 Å². The Hall–Kier alpha value is -0.260. The predicted molar refractivity (Wildman–Crippen MR) is 65.4 cm³/mol. The molecule has 2 aromatic rings. The lowest BCUT2D eigenvalue weighted by molar-refractivity contribution is 0.102. The van der Waals surface area contributed by atoms with Crippen LogP contribution in [-0.2, 0) is 0 Å². The number of alkyl halides is 1. The van der Waals surface area contributed by atoms with Crippen molar-refractivity contribution >= 4 is 59.2 Å². The average molecular weight is 335 g/mol. The van der Waals surface area contributed by atoms with Gasteiger partial charge in [-0.2, -0.15) is 0 Å². The lowest BCUT2D eigenvalue weighted by Crippen LogP contribution is -1.97. The fourth-order valence-corrected chi connectivity index (χ4v) is 3.05. The summed E-state index contributed by atoms with van der Waals surface area (Å²) in [6.45, 7) is 0. The Morgan fingerprint density at radius 3 is 2.93 bits per heavy atom. The third kappa shape index (κ3) is 1.76. The summed E-state index contributed by atoms with van der Waals surface area (Å²) in [6.07, 6.45) is 0. The van der Waals surface area contributed by atoms with Gasteiger partial charge in [0.1, 0.15) is 0 Å². The molecule has 0 aliphatic heterocycles. The van der Waals surface area contributed by atoms with E-state index in [2.05, 4.69) is 36.8 Å². The Balaban J connectivity index is 2.62. The molecule has 0 spiro atoms. The summed E-state index contributed by atoms with van der Waals surface area (Å²) in [5, 5.41) is 0.883. The van der Waals surface area contributed by atoms with Crippen molar-refractivity contribution in [2.24, 2.45) is 0 Å². The van der Waals surface area contributed by atoms with Crippen LogP contribution in [-0.4, -0.2) is 16.1 Å². The molecule has 0 saturated carbocycles. The molecule has 0 unspecified atom stereocenters. The number of carbonyl (C=O) groups excluding carboxylic acids is 1. The summed E-state index contributed by atoms with van der Waals surface area (Å²) in [4.78, 5) is 15.6. The number of ketones is 1. The van der Waals surface area contributed by atoms with Crippen molar-refractivity contribution < 1.29 is 4.79 Å². The van der Waals surface area contributed by atoms with Gasteiger partial charge in [-0.1, -0.05) is 22.0 Å². The minimum atomic E-state index is 0.0260. The summed E-state index contributed by atoms with van der Waals surface area (Å²) in [6, 6.07) is 5.76. The first-order valence-corrected chi connectivity index (χ1v) is 6.59. The van der Waals surface area contributed by atoms with Crippen LogP contribution < -0.4 is 0 Å². The lowest BCUT2D eigenvalue weighted by Gasteiger charge is -1.88. The summed E-state index contributed by atoms with van der Waals surface area (Å²) < 4.78 is 2.01. The van der Waals surface area contributed by atoms with E-state index in [1.165, 1.54) is 11.3 Å². The van der Waals surface area contributed by atoms with Crippen molar-refractivity contribution in [3.8, 4) is 0 Å². The number of carbonyl (C=O) groups is 1. The first kappa shape index (κ1) is 10.3. The van der Waals surface area contributed by atoms with Gasteiger partial charge in [-0.05, 0) is 28.1 Å². The molecule has 0 aliphatic carbocycles. The van der Waals surface area contributed by atoms with E-state index < -0.39 is 0 Å². The van der Waals surface area contributed by atoms with Crippen LogP contribution in [0, 0.1) is 0 Å². The molecule has 1 heterocycles. The Labute approximate surface area is 102 Å². The van der Waals surface area contributed by atoms with E-state index in [9.17, 15) is 4.79 Å². The van der Waals surface area contributed by atoms with Gasteiger partial charge < -0.3 is 0 Å². The van der Waals surface area contributed by atoms with Crippen LogP contribution in [0.4, 0.5) is 0 Å². The highest BCUT2D eigenvalue weighted by atomic mass is 79.9. The smallest absolute Gasteiger partial charge is 0.201 e. The van der Waals surface area contributed by atoms with Crippen LogP contribution in [0.15, 0.2) is 22.7 Å². The minimum absolute atomic E-state index is 0.0260. The van der Waals surface area contributed by atoms with E-state index >= 15 is 0 Å². The molecule has 0 N–H and O–H groups in total. The number of Topliss-reactive ketones (excluding diaryl/α,β-unsaturated/α-hetero) is 1. The summed E-state index contributed by atoms with van der Waals surface area (Å²) in [5.41, 5.74) is 0.869. The molecule has 1 aromatic heterocycles. The Morgan fingerprint density at radius 2 is 2.29 bits per heavy atom. The van der Waals surface area contributed by atoms with Gasteiger partial charge in [0.15, 0.2) is 5.01 Å². The quantitative estimate of drug-likeness (QED) is 0.620. The number of halogens is 2. The summed E-state index contributed by atoms with van der Waals surface area (Å²) in [7, 11) is 0. The van der Waals surface area contributed by atoms with Gasteiger partial charge in [-0.3, -0.25) is 4.79 Å². The van der Waals surface area contributed by atoms with Gasteiger partial charge >= 0.3 is 0 Å². The molecule has 0 bridgehead atoms. The molecule has 5 heteroatoms. The van der Waals surface area contributed by atoms with E-state index in [0.717, 1.165) is 14.7 Å². The van der Waals surface area contributed by atoms with Gasteiger partial charge in [0.25, 0.3) is 0 Å². The zero-order valence-electron chi connectivity index (χ0n) is 6.96. The highest BCUT2D eigenvalue weighted by molar-refractivity contribution is 9.10.